The Kier molecular flexibility index (Phi) is 3.01. The number of hydrogen-bond donors (Lipinski definition) is 3. The molecule has 0 aliphatic rings. The molecule has 0 atom stereocenters. The number of H-pyrrole nitrogens is 2. The molecular formula is C8H10N4O2. The van der Waals surface area contributed by atoms with Gasteiger partial charge < -0.3 is 10.4 Å². The second kappa shape index (κ2) is 4.22. The van der Waals surface area contributed by atoms with Crippen LogP contribution >= 0.6 is 0 Å². The SMILES string of the molecule is C=C/C(=N\NC)c1c[nH]c(=O)[nH]c1=O. The second-order valence-electron chi connectivity index (χ2n) is 2.41. The number of nitrogens with zero attached hydrogens (tertiary/aromatic N) is 1. The van der Waals surface area contributed by atoms with Gasteiger partial charge in [0.15, 0.2) is 0 Å². The van der Waals surface area contributed by atoms with Crippen molar-refractivity contribution in [1.82, 2.24) is 15.4 Å². The van der Waals surface area contributed by atoms with E-state index in [-0.39, 0.29) is 5.56 Å². The highest BCUT2D eigenvalue weighted by Crippen LogP contribution is 1.90. The number of hydrazone groups is 1. The molecule has 0 aromatic carbocycles. The summed E-state index contributed by atoms with van der Waals surface area (Å²) >= 11 is 0. The van der Waals surface area contributed by atoms with E-state index < -0.39 is 11.2 Å². The first-order chi connectivity index (χ1) is 6.69. The average molecular weight is 194 g/mol. The molecule has 1 heterocycles. The van der Waals surface area contributed by atoms with Crippen LogP contribution in [0.2, 0.25) is 0 Å². The molecule has 0 amide bonds. The maximum Gasteiger partial charge on any atom is 0.325 e. The zero-order chi connectivity index (χ0) is 10.6. The first-order valence-electron chi connectivity index (χ1n) is 3.88. The molecular weight excluding hydrogens is 184 g/mol. The smallest absolute Gasteiger partial charge is 0.313 e. The zero-order valence-corrected chi connectivity index (χ0v) is 7.63. The van der Waals surface area contributed by atoms with Crippen molar-refractivity contribution in [2.75, 3.05) is 7.05 Å². The molecule has 0 radical (unpaired) electrons. The van der Waals surface area contributed by atoms with Crippen LogP contribution in [0.1, 0.15) is 5.56 Å². The lowest BCUT2D eigenvalue weighted by atomic mass is 10.2. The van der Waals surface area contributed by atoms with Gasteiger partial charge in [0.2, 0.25) is 0 Å². The van der Waals surface area contributed by atoms with E-state index in [9.17, 15) is 9.59 Å². The molecule has 6 heteroatoms. The molecule has 0 aliphatic heterocycles. The Bertz CT molecular complexity index is 469. The van der Waals surface area contributed by atoms with Gasteiger partial charge in [0.05, 0.1) is 11.3 Å². The minimum absolute atomic E-state index is 0.258. The highest BCUT2D eigenvalue weighted by molar-refractivity contribution is 6.07. The van der Waals surface area contributed by atoms with Crippen LogP contribution in [0.4, 0.5) is 0 Å². The fourth-order valence-electron chi connectivity index (χ4n) is 0.936. The van der Waals surface area contributed by atoms with Crippen LogP contribution < -0.4 is 16.7 Å². The Labute approximate surface area is 79.4 Å². The van der Waals surface area contributed by atoms with E-state index in [1.54, 1.807) is 7.05 Å². The number of hydrogen-bond acceptors (Lipinski definition) is 4. The Morgan fingerprint density at radius 3 is 2.86 bits per heavy atom. The number of nitrogens with one attached hydrogen (secondary N) is 3. The molecule has 14 heavy (non-hydrogen) atoms. The highest BCUT2D eigenvalue weighted by Gasteiger charge is 2.04. The summed E-state index contributed by atoms with van der Waals surface area (Å²) in [6.07, 6.45) is 2.71. The zero-order valence-electron chi connectivity index (χ0n) is 7.63. The van der Waals surface area contributed by atoms with Gasteiger partial charge in [0.1, 0.15) is 0 Å². The summed E-state index contributed by atoms with van der Waals surface area (Å²) in [4.78, 5) is 26.4. The number of rotatable bonds is 3. The van der Waals surface area contributed by atoms with Crippen molar-refractivity contribution >= 4 is 5.71 Å². The first kappa shape index (κ1) is 9.97. The van der Waals surface area contributed by atoms with Crippen LogP contribution in [0.15, 0.2) is 33.5 Å². The van der Waals surface area contributed by atoms with Crippen molar-refractivity contribution in [3.8, 4) is 0 Å². The van der Waals surface area contributed by atoms with Gasteiger partial charge >= 0.3 is 5.69 Å². The van der Waals surface area contributed by atoms with Crippen LogP contribution in [0.25, 0.3) is 0 Å². The number of allylic oxidation sites excluding steroid dienone is 1. The third-order valence-electron chi connectivity index (χ3n) is 1.52. The average Bonchev–Trinajstić information content (AvgIpc) is 2.15. The summed E-state index contributed by atoms with van der Waals surface area (Å²) in [7, 11) is 1.60. The molecule has 74 valence electrons. The third kappa shape index (κ3) is 1.98. The Hall–Kier alpha value is -2.11. The topological polar surface area (TPSA) is 90.1 Å². The normalized spacial score (nSPS) is 11.1. The van der Waals surface area contributed by atoms with E-state index in [1.807, 2.05) is 0 Å². The van der Waals surface area contributed by atoms with Gasteiger partial charge in [-0.25, -0.2) is 4.79 Å². The predicted octanol–water partition coefficient (Wildman–Crippen LogP) is -0.827. The van der Waals surface area contributed by atoms with Crippen molar-refractivity contribution in [3.63, 3.8) is 0 Å². The lowest BCUT2D eigenvalue weighted by Gasteiger charge is -1.98. The van der Waals surface area contributed by atoms with Crippen molar-refractivity contribution in [2.45, 2.75) is 0 Å². The van der Waals surface area contributed by atoms with Crippen molar-refractivity contribution < 1.29 is 0 Å². The minimum Gasteiger partial charge on any atom is -0.313 e. The molecule has 0 saturated heterocycles. The largest absolute Gasteiger partial charge is 0.325 e. The summed E-state index contributed by atoms with van der Waals surface area (Å²) in [5.74, 6) is 0. The summed E-state index contributed by atoms with van der Waals surface area (Å²) in [5.41, 5.74) is 2.11. The van der Waals surface area contributed by atoms with Gasteiger partial charge in [-0.3, -0.25) is 9.78 Å². The molecule has 0 spiro atoms. The van der Waals surface area contributed by atoms with Gasteiger partial charge in [-0.05, 0) is 6.08 Å². The molecule has 1 rings (SSSR count). The molecule has 3 N–H and O–H groups in total. The molecule has 0 bridgehead atoms. The molecule has 1 aromatic rings. The monoisotopic (exact) mass is 194 g/mol. The van der Waals surface area contributed by atoms with E-state index in [4.69, 9.17) is 0 Å². The first-order valence-corrected chi connectivity index (χ1v) is 3.88. The van der Waals surface area contributed by atoms with Gasteiger partial charge in [0, 0.05) is 13.2 Å². The van der Waals surface area contributed by atoms with Gasteiger partial charge in [0.25, 0.3) is 5.56 Å². The van der Waals surface area contributed by atoms with Crippen molar-refractivity contribution in [1.29, 1.82) is 0 Å². The molecule has 1 aromatic heterocycles. The van der Waals surface area contributed by atoms with Gasteiger partial charge in [-0.1, -0.05) is 6.58 Å². The third-order valence-corrected chi connectivity index (χ3v) is 1.52. The summed E-state index contributed by atoms with van der Waals surface area (Å²) in [6, 6.07) is 0. The van der Waals surface area contributed by atoms with Crippen molar-refractivity contribution in [2.24, 2.45) is 5.10 Å². The molecule has 6 nitrogen and oxygen atoms in total. The van der Waals surface area contributed by atoms with E-state index in [2.05, 4.69) is 27.1 Å². The Morgan fingerprint density at radius 1 is 1.64 bits per heavy atom. The molecule has 0 saturated carbocycles. The van der Waals surface area contributed by atoms with Crippen LogP contribution in [0.5, 0.6) is 0 Å². The minimum atomic E-state index is -0.549. The van der Waals surface area contributed by atoms with E-state index in [0.29, 0.717) is 5.71 Å². The lowest BCUT2D eigenvalue weighted by Crippen LogP contribution is -2.27. The van der Waals surface area contributed by atoms with Crippen LogP contribution in [-0.4, -0.2) is 22.7 Å². The molecule has 0 fully saturated rings. The summed E-state index contributed by atoms with van der Waals surface area (Å²) < 4.78 is 0. The van der Waals surface area contributed by atoms with Crippen LogP contribution in [-0.2, 0) is 0 Å². The van der Waals surface area contributed by atoms with Crippen LogP contribution in [0, 0.1) is 0 Å². The summed E-state index contributed by atoms with van der Waals surface area (Å²) in [6.45, 7) is 3.50. The fraction of sp³-hybridized carbons (Fsp3) is 0.125. The fourth-order valence-corrected chi connectivity index (χ4v) is 0.936. The maximum absolute atomic E-state index is 11.3. The maximum atomic E-state index is 11.3. The van der Waals surface area contributed by atoms with Gasteiger partial charge in [-0.2, -0.15) is 5.10 Å². The molecule has 0 unspecified atom stereocenters. The lowest BCUT2D eigenvalue weighted by molar-refractivity contribution is 0.900. The highest BCUT2D eigenvalue weighted by atomic mass is 16.2. The van der Waals surface area contributed by atoms with Gasteiger partial charge in [-0.15, -0.1) is 0 Å². The number of aromatic nitrogens is 2. The van der Waals surface area contributed by atoms with Crippen LogP contribution in [0.3, 0.4) is 0 Å². The number of aromatic amines is 2. The van der Waals surface area contributed by atoms with E-state index in [0.717, 1.165) is 0 Å². The Morgan fingerprint density at radius 2 is 2.36 bits per heavy atom. The van der Waals surface area contributed by atoms with E-state index >= 15 is 0 Å². The predicted molar refractivity (Wildman–Crippen MR) is 53.5 cm³/mol. The summed E-state index contributed by atoms with van der Waals surface area (Å²) in [5, 5.41) is 3.81. The Balaban J connectivity index is 3.32. The molecule has 0 aliphatic carbocycles. The van der Waals surface area contributed by atoms with Crippen molar-refractivity contribution in [3.05, 3.63) is 45.3 Å². The second-order valence-corrected chi connectivity index (χ2v) is 2.41. The van der Waals surface area contributed by atoms with E-state index in [1.165, 1.54) is 12.3 Å². The standard InChI is InChI=1S/C8H10N4O2/c1-3-6(12-9-2)5-4-10-8(14)11-7(5)13/h3-4,9H,1H2,2H3,(H2,10,11,13,14)/b12-6+. The quantitative estimate of drug-likeness (QED) is 0.433.